The minimum atomic E-state index is -3.81. The van der Waals surface area contributed by atoms with Crippen molar-refractivity contribution in [2.24, 2.45) is 0 Å². The third-order valence-electron chi connectivity index (χ3n) is 6.09. The molecule has 0 amide bonds. The van der Waals surface area contributed by atoms with Crippen molar-refractivity contribution in [2.75, 3.05) is 42.6 Å². The van der Waals surface area contributed by atoms with Crippen molar-refractivity contribution in [1.82, 2.24) is 4.90 Å². The number of fused-ring (bicyclic) bond motifs is 1. The molecule has 1 fully saturated rings. The van der Waals surface area contributed by atoms with Crippen LogP contribution in [-0.4, -0.2) is 57.4 Å². The molecule has 0 spiro atoms. The number of piperazine rings is 1. The van der Waals surface area contributed by atoms with E-state index in [1.807, 2.05) is 23.1 Å². The summed E-state index contributed by atoms with van der Waals surface area (Å²) in [6.45, 7) is 3.83. The van der Waals surface area contributed by atoms with Gasteiger partial charge in [0.25, 0.3) is 10.0 Å². The normalized spacial score (nSPS) is 15.7. The highest BCUT2D eigenvalue weighted by Gasteiger charge is 2.23. The van der Waals surface area contributed by atoms with E-state index in [0.717, 1.165) is 36.7 Å². The molecular weight excluding hydrogens is 470 g/mol. The number of aromatic carboxylic acids is 1. The van der Waals surface area contributed by atoms with Gasteiger partial charge in [-0.25, -0.2) is 13.2 Å². The van der Waals surface area contributed by atoms with E-state index >= 15 is 0 Å². The van der Waals surface area contributed by atoms with Crippen LogP contribution in [0.25, 0.3) is 0 Å². The summed E-state index contributed by atoms with van der Waals surface area (Å²) in [5, 5.41) is 9.82. The first-order valence-corrected chi connectivity index (χ1v) is 12.7. The summed E-state index contributed by atoms with van der Waals surface area (Å²) in [5.41, 5.74) is 1.96. The van der Waals surface area contributed by atoms with Crippen LogP contribution in [0.1, 0.15) is 15.9 Å². The van der Waals surface area contributed by atoms with Crippen LogP contribution in [0.3, 0.4) is 0 Å². The lowest BCUT2D eigenvalue weighted by Gasteiger charge is -2.36. The number of nitrogens with one attached hydrogen (secondary N) is 1. The fourth-order valence-electron chi connectivity index (χ4n) is 4.30. The second kappa shape index (κ2) is 9.47. The molecule has 9 nitrogen and oxygen atoms in total. The first-order valence-electron chi connectivity index (χ1n) is 11.2. The van der Waals surface area contributed by atoms with Gasteiger partial charge in [0.05, 0.1) is 16.1 Å². The Morgan fingerprint density at radius 2 is 1.66 bits per heavy atom. The van der Waals surface area contributed by atoms with Crippen molar-refractivity contribution in [3.63, 3.8) is 0 Å². The van der Waals surface area contributed by atoms with E-state index in [-0.39, 0.29) is 22.9 Å². The molecule has 0 saturated carbocycles. The lowest BCUT2D eigenvalue weighted by Crippen LogP contribution is -2.46. The summed E-state index contributed by atoms with van der Waals surface area (Å²) in [6.07, 6.45) is 0. The number of carboxylic acids is 1. The Morgan fingerprint density at radius 1 is 0.914 bits per heavy atom. The monoisotopic (exact) mass is 495 g/mol. The summed E-state index contributed by atoms with van der Waals surface area (Å²) in [4.78, 5) is 16.5. The van der Waals surface area contributed by atoms with E-state index in [1.165, 1.54) is 18.2 Å². The molecule has 0 aromatic heterocycles. The number of rotatable bonds is 7. The molecule has 0 bridgehead atoms. The average Bonchev–Trinajstić information content (AvgIpc) is 3.33. The zero-order valence-electron chi connectivity index (χ0n) is 18.9. The van der Waals surface area contributed by atoms with Crippen LogP contribution in [0, 0.1) is 0 Å². The van der Waals surface area contributed by atoms with Gasteiger partial charge >= 0.3 is 5.97 Å². The largest absolute Gasteiger partial charge is 0.478 e. The van der Waals surface area contributed by atoms with Gasteiger partial charge in [0, 0.05) is 38.4 Å². The third kappa shape index (κ3) is 5.03. The smallest absolute Gasteiger partial charge is 0.337 e. The van der Waals surface area contributed by atoms with E-state index < -0.39 is 16.0 Å². The number of hydrogen-bond acceptors (Lipinski definition) is 7. The van der Waals surface area contributed by atoms with E-state index in [9.17, 15) is 18.3 Å². The Morgan fingerprint density at radius 3 is 2.40 bits per heavy atom. The lowest BCUT2D eigenvalue weighted by atomic mass is 10.1. The van der Waals surface area contributed by atoms with Gasteiger partial charge in [-0.15, -0.1) is 0 Å². The molecule has 3 aromatic rings. The maximum atomic E-state index is 12.6. The van der Waals surface area contributed by atoms with Gasteiger partial charge in [0.1, 0.15) is 0 Å². The molecule has 2 aliphatic rings. The lowest BCUT2D eigenvalue weighted by molar-refractivity contribution is 0.0697. The van der Waals surface area contributed by atoms with Crippen LogP contribution in [0.4, 0.5) is 11.4 Å². The third-order valence-corrected chi connectivity index (χ3v) is 7.49. The molecule has 0 unspecified atom stereocenters. The van der Waals surface area contributed by atoms with Crippen molar-refractivity contribution >= 4 is 27.4 Å². The number of ether oxygens (including phenoxy) is 2. The van der Waals surface area contributed by atoms with Gasteiger partial charge in [-0.05, 0) is 48.0 Å². The molecule has 2 heterocycles. The summed E-state index contributed by atoms with van der Waals surface area (Å²) < 4.78 is 38.6. The van der Waals surface area contributed by atoms with Gasteiger partial charge in [-0.3, -0.25) is 9.62 Å². The minimum Gasteiger partial charge on any atom is -0.478 e. The predicted molar refractivity (Wildman–Crippen MR) is 131 cm³/mol. The van der Waals surface area contributed by atoms with Crippen LogP contribution < -0.4 is 19.1 Å². The Hall–Kier alpha value is -3.76. The molecule has 182 valence electrons. The SMILES string of the molecule is O=C(O)c1cc(NS(=O)(=O)c2ccccc2)ccc1N1CCN(Cc2ccc3c(c2)OCO3)CC1. The van der Waals surface area contributed by atoms with Crippen molar-refractivity contribution in [2.45, 2.75) is 11.4 Å². The zero-order chi connectivity index (χ0) is 24.4. The van der Waals surface area contributed by atoms with E-state index in [1.54, 1.807) is 30.3 Å². The second-order valence-electron chi connectivity index (χ2n) is 8.41. The maximum absolute atomic E-state index is 12.6. The Kier molecular flexibility index (Phi) is 6.23. The van der Waals surface area contributed by atoms with Crippen molar-refractivity contribution < 1.29 is 27.8 Å². The number of carbonyl (C=O) groups is 1. The fourth-order valence-corrected chi connectivity index (χ4v) is 5.38. The second-order valence-corrected chi connectivity index (χ2v) is 10.1. The van der Waals surface area contributed by atoms with Crippen molar-refractivity contribution in [3.05, 3.63) is 77.9 Å². The summed E-state index contributed by atoms with van der Waals surface area (Å²) in [7, 11) is -3.81. The first-order chi connectivity index (χ1) is 16.9. The van der Waals surface area contributed by atoms with Gasteiger partial charge in [0.2, 0.25) is 6.79 Å². The standard InChI is InChI=1S/C25H25N3O6S/c29-25(30)21-15-19(26-35(31,32)20-4-2-1-3-5-20)7-8-22(21)28-12-10-27(11-13-28)16-18-6-9-23-24(14-18)34-17-33-23/h1-9,14-15,26H,10-13,16-17H2,(H,29,30). The molecule has 0 aliphatic carbocycles. The summed E-state index contributed by atoms with van der Waals surface area (Å²) in [6, 6.07) is 18.5. The van der Waals surface area contributed by atoms with Gasteiger partial charge < -0.3 is 19.5 Å². The first kappa shape index (κ1) is 23.0. The van der Waals surface area contributed by atoms with E-state index in [0.29, 0.717) is 18.8 Å². The van der Waals surface area contributed by atoms with Gasteiger partial charge in [-0.2, -0.15) is 0 Å². The van der Waals surface area contributed by atoms with Gasteiger partial charge in [0.15, 0.2) is 11.5 Å². The molecule has 0 atom stereocenters. The number of nitrogens with zero attached hydrogens (tertiary/aromatic N) is 2. The highest BCUT2D eigenvalue weighted by Crippen LogP contribution is 2.33. The number of hydrogen-bond donors (Lipinski definition) is 2. The predicted octanol–water partition coefficient (Wildman–Crippen LogP) is 3.24. The van der Waals surface area contributed by atoms with Gasteiger partial charge in [-0.1, -0.05) is 24.3 Å². The minimum absolute atomic E-state index is 0.0579. The summed E-state index contributed by atoms with van der Waals surface area (Å²) >= 11 is 0. The maximum Gasteiger partial charge on any atom is 0.337 e. The molecule has 1 saturated heterocycles. The molecule has 0 radical (unpaired) electrons. The molecule has 10 heteroatoms. The number of carboxylic acid groups (broad SMARTS) is 1. The highest BCUT2D eigenvalue weighted by molar-refractivity contribution is 7.92. The topological polar surface area (TPSA) is 108 Å². The van der Waals surface area contributed by atoms with Crippen LogP contribution in [0.5, 0.6) is 11.5 Å². The van der Waals surface area contributed by atoms with Crippen LogP contribution in [0.15, 0.2) is 71.6 Å². The molecule has 2 N–H and O–H groups in total. The average molecular weight is 496 g/mol. The Bertz CT molecular complexity index is 1340. The molecule has 3 aromatic carbocycles. The van der Waals surface area contributed by atoms with E-state index in [4.69, 9.17) is 9.47 Å². The summed E-state index contributed by atoms with van der Waals surface area (Å²) in [5.74, 6) is 0.410. The Labute approximate surface area is 203 Å². The molecule has 5 rings (SSSR count). The number of anilines is 2. The van der Waals surface area contributed by atoms with Crippen molar-refractivity contribution in [1.29, 1.82) is 0 Å². The van der Waals surface area contributed by atoms with Crippen molar-refractivity contribution in [3.8, 4) is 11.5 Å². The molecule has 2 aliphatic heterocycles. The van der Waals surface area contributed by atoms with Crippen LogP contribution in [0.2, 0.25) is 0 Å². The number of sulfonamides is 1. The highest BCUT2D eigenvalue weighted by atomic mass is 32.2. The molecule has 35 heavy (non-hydrogen) atoms. The molecular formula is C25H25N3O6S. The van der Waals surface area contributed by atoms with Crippen LogP contribution in [-0.2, 0) is 16.6 Å². The fraction of sp³-hybridized carbons (Fsp3) is 0.240. The quantitative estimate of drug-likeness (QED) is 0.514. The zero-order valence-corrected chi connectivity index (χ0v) is 19.7. The Balaban J connectivity index is 1.26. The van der Waals surface area contributed by atoms with Crippen LogP contribution >= 0.6 is 0 Å². The number of benzene rings is 3. The van der Waals surface area contributed by atoms with E-state index in [2.05, 4.69) is 9.62 Å².